The predicted molar refractivity (Wildman–Crippen MR) is 124 cm³/mol. The first kappa shape index (κ1) is 18.6. The van der Waals surface area contributed by atoms with Gasteiger partial charge in [-0.2, -0.15) is 0 Å². The van der Waals surface area contributed by atoms with E-state index in [1.165, 1.54) is 22.3 Å². The molecule has 1 nitrogen and oxygen atoms in total. The smallest absolute Gasteiger partial charge is 0.0639 e. The number of rotatable bonds is 6. The Bertz CT molecular complexity index is 1040. The number of allylic oxidation sites excluding steroid dienone is 1. The van der Waals surface area contributed by atoms with E-state index in [1.54, 1.807) is 0 Å². The van der Waals surface area contributed by atoms with Crippen LogP contribution in [0, 0.1) is 0 Å². The van der Waals surface area contributed by atoms with Gasteiger partial charge in [-0.25, -0.2) is 0 Å². The van der Waals surface area contributed by atoms with E-state index in [2.05, 4.69) is 109 Å². The van der Waals surface area contributed by atoms with Gasteiger partial charge in [-0.05, 0) is 27.8 Å². The Morgan fingerprint density at radius 1 is 0.517 bits per heavy atom. The standard InChI is InChI=1S/C28H23N/c1-5-13-23(14-6-1)21-29-22-27(24-15-7-2-8-16-24)28(25-17-9-3-10-18-25)26-19-11-4-12-20-26/h1-20,22H,21H2. The van der Waals surface area contributed by atoms with Crippen LogP contribution >= 0.6 is 0 Å². The summed E-state index contributed by atoms with van der Waals surface area (Å²) in [6.45, 7) is 0.661. The second-order valence-corrected chi connectivity index (χ2v) is 6.84. The fourth-order valence-corrected chi connectivity index (χ4v) is 3.41. The molecular formula is C28H23N. The number of benzene rings is 4. The molecule has 0 fully saturated rings. The maximum absolute atomic E-state index is 4.81. The Kier molecular flexibility index (Phi) is 6.09. The average molecular weight is 373 g/mol. The van der Waals surface area contributed by atoms with Gasteiger partial charge in [0.2, 0.25) is 0 Å². The monoisotopic (exact) mass is 373 g/mol. The van der Waals surface area contributed by atoms with E-state index in [-0.39, 0.29) is 0 Å². The minimum atomic E-state index is 0.661. The molecule has 4 aromatic carbocycles. The Labute approximate surface area is 172 Å². The van der Waals surface area contributed by atoms with Gasteiger partial charge >= 0.3 is 0 Å². The van der Waals surface area contributed by atoms with Crippen LogP contribution in [0.25, 0.3) is 11.1 Å². The second-order valence-electron chi connectivity index (χ2n) is 6.84. The molecule has 0 aromatic heterocycles. The van der Waals surface area contributed by atoms with Crippen molar-refractivity contribution >= 4 is 17.4 Å². The summed E-state index contributed by atoms with van der Waals surface area (Å²) in [5, 5.41) is 0. The highest BCUT2D eigenvalue weighted by Gasteiger charge is 2.12. The van der Waals surface area contributed by atoms with Gasteiger partial charge < -0.3 is 0 Å². The Morgan fingerprint density at radius 3 is 1.41 bits per heavy atom. The van der Waals surface area contributed by atoms with Crippen molar-refractivity contribution in [1.29, 1.82) is 0 Å². The number of aliphatic imine (C=N–C) groups is 1. The molecule has 0 unspecified atom stereocenters. The van der Waals surface area contributed by atoms with E-state index < -0.39 is 0 Å². The van der Waals surface area contributed by atoms with Gasteiger partial charge in [0.25, 0.3) is 0 Å². The summed E-state index contributed by atoms with van der Waals surface area (Å²) >= 11 is 0. The first-order chi connectivity index (χ1) is 14.4. The Balaban J connectivity index is 1.86. The van der Waals surface area contributed by atoms with Gasteiger partial charge in [0.05, 0.1) is 6.54 Å². The van der Waals surface area contributed by atoms with Gasteiger partial charge in [0.1, 0.15) is 0 Å². The largest absolute Gasteiger partial charge is 0.288 e. The van der Waals surface area contributed by atoms with Gasteiger partial charge in [-0.3, -0.25) is 4.99 Å². The molecule has 140 valence electrons. The van der Waals surface area contributed by atoms with Crippen molar-refractivity contribution in [1.82, 2.24) is 0 Å². The van der Waals surface area contributed by atoms with Crippen molar-refractivity contribution < 1.29 is 0 Å². The molecule has 0 aliphatic carbocycles. The second kappa shape index (κ2) is 9.48. The zero-order valence-corrected chi connectivity index (χ0v) is 16.3. The van der Waals surface area contributed by atoms with Gasteiger partial charge in [-0.15, -0.1) is 0 Å². The number of nitrogens with zero attached hydrogens (tertiary/aromatic N) is 1. The van der Waals surface area contributed by atoms with Crippen LogP contribution in [-0.2, 0) is 6.54 Å². The van der Waals surface area contributed by atoms with Crippen LogP contribution in [0.4, 0.5) is 0 Å². The first-order valence-corrected chi connectivity index (χ1v) is 9.86. The van der Waals surface area contributed by atoms with Crippen molar-refractivity contribution in [2.45, 2.75) is 6.54 Å². The molecule has 0 N–H and O–H groups in total. The van der Waals surface area contributed by atoms with Crippen LogP contribution < -0.4 is 0 Å². The third kappa shape index (κ3) is 4.77. The lowest BCUT2D eigenvalue weighted by Crippen LogP contribution is -1.97. The summed E-state index contributed by atoms with van der Waals surface area (Å²) in [6.07, 6.45) is 2.03. The molecule has 29 heavy (non-hydrogen) atoms. The highest BCUT2D eigenvalue weighted by Crippen LogP contribution is 2.31. The molecule has 0 aliphatic heterocycles. The van der Waals surface area contributed by atoms with E-state index >= 15 is 0 Å². The third-order valence-corrected chi connectivity index (χ3v) is 4.82. The van der Waals surface area contributed by atoms with E-state index in [0.717, 1.165) is 11.1 Å². The van der Waals surface area contributed by atoms with Gasteiger partial charge in [0, 0.05) is 11.8 Å². The topological polar surface area (TPSA) is 12.4 Å². The van der Waals surface area contributed by atoms with Gasteiger partial charge in [0.15, 0.2) is 0 Å². The van der Waals surface area contributed by atoms with E-state index in [1.807, 2.05) is 18.3 Å². The van der Waals surface area contributed by atoms with E-state index in [4.69, 9.17) is 4.99 Å². The average Bonchev–Trinajstić information content (AvgIpc) is 2.81. The lowest BCUT2D eigenvalue weighted by molar-refractivity contribution is 1.08. The molecular weight excluding hydrogens is 350 g/mol. The SMILES string of the molecule is C(=NCc1ccccc1)C(=C(c1ccccc1)c1ccccc1)c1ccccc1. The van der Waals surface area contributed by atoms with Crippen molar-refractivity contribution in [3.8, 4) is 0 Å². The van der Waals surface area contributed by atoms with E-state index in [0.29, 0.717) is 6.54 Å². The fraction of sp³-hybridized carbons (Fsp3) is 0.0357. The Morgan fingerprint density at radius 2 is 0.931 bits per heavy atom. The maximum atomic E-state index is 4.81. The van der Waals surface area contributed by atoms with Crippen molar-refractivity contribution in [2.24, 2.45) is 4.99 Å². The van der Waals surface area contributed by atoms with Crippen LogP contribution in [-0.4, -0.2) is 6.21 Å². The first-order valence-electron chi connectivity index (χ1n) is 9.86. The molecule has 1 heteroatoms. The summed E-state index contributed by atoms with van der Waals surface area (Å²) < 4.78 is 0. The summed E-state index contributed by atoms with van der Waals surface area (Å²) in [5.41, 5.74) is 7.05. The van der Waals surface area contributed by atoms with Crippen LogP contribution in [0.3, 0.4) is 0 Å². The molecule has 0 heterocycles. The van der Waals surface area contributed by atoms with Crippen LogP contribution in [0.2, 0.25) is 0 Å². The lowest BCUT2D eigenvalue weighted by atomic mass is 9.90. The van der Waals surface area contributed by atoms with E-state index in [9.17, 15) is 0 Å². The predicted octanol–water partition coefficient (Wildman–Crippen LogP) is 6.92. The van der Waals surface area contributed by atoms with Crippen molar-refractivity contribution in [3.05, 3.63) is 144 Å². The highest BCUT2D eigenvalue weighted by atomic mass is 14.7. The zero-order chi connectivity index (χ0) is 19.7. The minimum absolute atomic E-state index is 0.661. The summed E-state index contributed by atoms with van der Waals surface area (Å²) in [4.78, 5) is 4.81. The number of hydrogen-bond donors (Lipinski definition) is 0. The summed E-state index contributed by atoms with van der Waals surface area (Å²) in [7, 11) is 0. The maximum Gasteiger partial charge on any atom is 0.0639 e. The molecule has 4 rings (SSSR count). The summed E-state index contributed by atoms with van der Waals surface area (Å²) in [6, 6.07) is 42.0. The molecule has 0 aliphatic rings. The molecule has 0 saturated carbocycles. The third-order valence-electron chi connectivity index (χ3n) is 4.82. The van der Waals surface area contributed by atoms with Crippen LogP contribution in [0.15, 0.2) is 126 Å². The zero-order valence-electron chi connectivity index (χ0n) is 16.3. The van der Waals surface area contributed by atoms with Crippen LogP contribution in [0.1, 0.15) is 22.3 Å². The van der Waals surface area contributed by atoms with Gasteiger partial charge in [-0.1, -0.05) is 121 Å². The molecule has 0 spiro atoms. The molecule has 0 saturated heterocycles. The van der Waals surface area contributed by atoms with Crippen molar-refractivity contribution in [2.75, 3.05) is 0 Å². The quantitative estimate of drug-likeness (QED) is 0.257. The minimum Gasteiger partial charge on any atom is -0.288 e. The van der Waals surface area contributed by atoms with Crippen molar-refractivity contribution in [3.63, 3.8) is 0 Å². The Hall–Kier alpha value is -3.71. The molecule has 0 amide bonds. The normalized spacial score (nSPS) is 10.8. The molecule has 0 atom stereocenters. The molecule has 4 aromatic rings. The highest BCUT2D eigenvalue weighted by molar-refractivity contribution is 6.22. The van der Waals surface area contributed by atoms with Crippen LogP contribution in [0.5, 0.6) is 0 Å². The number of hydrogen-bond acceptors (Lipinski definition) is 1. The lowest BCUT2D eigenvalue weighted by Gasteiger charge is -2.14. The fourth-order valence-electron chi connectivity index (χ4n) is 3.41. The molecule has 0 bridgehead atoms. The molecule has 0 radical (unpaired) electrons. The summed E-state index contributed by atoms with van der Waals surface area (Å²) in [5.74, 6) is 0.